The number of nitro groups is 1. The number of piperidine rings is 1. The standard InChI is InChI=1S/C21H26N4O6/c1-12-7-13(2)11-24(10-12)17-6-5-16(9-18(17)25(28)29)21(27)30-15(4)20(26)22-19-8-14(3)31-23-19/h5-6,8-9,12-13,15H,7,10-11H2,1-4H3,(H,22,23,26)/t12-,13-,15-/m0/s1. The highest BCUT2D eigenvalue weighted by Gasteiger charge is 2.29. The van der Waals surface area contributed by atoms with E-state index in [0.717, 1.165) is 6.42 Å². The van der Waals surface area contributed by atoms with Crippen LogP contribution in [-0.2, 0) is 9.53 Å². The van der Waals surface area contributed by atoms with Crippen molar-refractivity contribution in [2.75, 3.05) is 23.3 Å². The van der Waals surface area contributed by atoms with Gasteiger partial charge in [-0.05, 0) is 44.2 Å². The minimum absolute atomic E-state index is 0.00508. The van der Waals surface area contributed by atoms with Crippen LogP contribution in [0.15, 0.2) is 28.8 Å². The van der Waals surface area contributed by atoms with Crippen LogP contribution < -0.4 is 10.2 Å². The van der Waals surface area contributed by atoms with E-state index in [2.05, 4.69) is 24.3 Å². The smallest absolute Gasteiger partial charge is 0.339 e. The van der Waals surface area contributed by atoms with Gasteiger partial charge < -0.3 is 19.5 Å². The molecule has 3 atom stereocenters. The second kappa shape index (κ2) is 9.15. The van der Waals surface area contributed by atoms with E-state index in [0.29, 0.717) is 36.4 Å². The van der Waals surface area contributed by atoms with E-state index in [9.17, 15) is 19.7 Å². The first-order valence-corrected chi connectivity index (χ1v) is 10.1. The SMILES string of the molecule is Cc1cc(NC(=O)[C@H](C)OC(=O)c2ccc(N3C[C@@H](C)C[C@H](C)C3)c([N+](=O)[O-])c2)no1. The second-order valence-electron chi connectivity index (χ2n) is 8.17. The number of nitro benzene ring substituents is 1. The molecule has 1 aliphatic heterocycles. The van der Waals surface area contributed by atoms with Crippen LogP contribution in [0.2, 0.25) is 0 Å². The molecule has 0 spiro atoms. The molecule has 1 amide bonds. The highest BCUT2D eigenvalue weighted by molar-refractivity contribution is 5.97. The zero-order valence-corrected chi connectivity index (χ0v) is 18.0. The van der Waals surface area contributed by atoms with E-state index < -0.39 is 22.9 Å². The number of anilines is 2. The second-order valence-corrected chi connectivity index (χ2v) is 8.17. The molecule has 1 aliphatic rings. The lowest BCUT2D eigenvalue weighted by molar-refractivity contribution is -0.384. The summed E-state index contributed by atoms with van der Waals surface area (Å²) in [6.45, 7) is 8.74. The highest BCUT2D eigenvalue weighted by Crippen LogP contribution is 2.34. The minimum Gasteiger partial charge on any atom is -0.449 e. The van der Waals surface area contributed by atoms with Gasteiger partial charge in [-0.2, -0.15) is 0 Å². The van der Waals surface area contributed by atoms with Crippen molar-refractivity contribution in [1.82, 2.24) is 5.16 Å². The van der Waals surface area contributed by atoms with Crippen LogP contribution in [0.1, 0.15) is 43.3 Å². The van der Waals surface area contributed by atoms with E-state index in [1.54, 1.807) is 13.0 Å². The van der Waals surface area contributed by atoms with Crippen LogP contribution in [0, 0.1) is 28.9 Å². The predicted octanol–water partition coefficient (Wildman–Crippen LogP) is 3.56. The lowest BCUT2D eigenvalue weighted by atomic mass is 9.91. The number of nitrogens with zero attached hydrogens (tertiary/aromatic N) is 3. The van der Waals surface area contributed by atoms with Gasteiger partial charge in [0.2, 0.25) is 0 Å². The number of carbonyl (C=O) groups is 2. The van der Waals surface area contributed by atoms with Gasteiger partial charge in [-0.3, -0.25) is 14.9 Å². The van der Waals surface area contributed by atoms with Gasteiger partial charge in [0.25, 0.3) is 11.6 Å². The number of nitrogens with one attached hydrogen (secondary N) is 1. The zero-order chi connectivity index (χ0) is 22.7. The lowest BCUT2D eigenvalue weighted by Crippen LogP contribution is -2.39. The average molecular weight is 430 g/mol. The molecule has 1 aromatic carbocycles. The summed E-state index contributed by atoms with van der Waals surface area (Å²) in [5.41, 5.74) is 0.323. The number of ether oxygens (including phenoxy) is 1. The highest BCUT2D eigenvalue weighted by atomic mass is 16.6. The maximum Gasteiger partial charge on any atom is 0.339 e. The van der Waals surface area contributed by atoms with Crippen LogP contribution in [0.4, 0.5) is 17.2 Å². The fraction of sp³-hybridized carbons (Fsp3) is 0.476. The summed E-state index contributed by atoms with van der Waals surface area (Å²) < 4.78 is 10.1. The third-order valence-corrected chi connectivity index (χ3v) is 5.15. The molecule has 0 bridgehead atoms. The molecule has 31 heavy (non-hydrogen) atoms. The fourth-order valence-electron chi connectivity index (χ4n) is 3.86. The maximum absolute atomic E-state index is 12.5. The van der Waals surface area contributed by atoms with Gasteiger partial charge in [-0.25, -0.2) is 4.79 Å². The monoisotopic (exact) mass is 430 g/mol. The number of benzene rings is 1. The summed E-state index contributed by atoms with van der Waals surface area (Å²) in [7, 11) is 0. The van der Waals surface area contributed by atoms with Crippen molar-refractivity contribution < 1.29 is 23.8 Å². The van der Waals surface area contributed by atoms with Crippen molar-refractivity contribution in [3.05, 3.63) is 45.7 Å². The van der Waals surface area contributed by atoms with E-state index in [4.69, 9.17) is 9.26 Å². The Bertz CT molecular complexity index is 978. The number of hydrogen-bond donors (Lipinski definition) is 1. The molecule has 10 heteroatoms. The molecule has 2 heterocycles. The average Bonchev–Trinajstić information content (AvgIpc) is 3.11. The molecule has 0 saturated carbocycles. The van der Waals surface area contributed by atoms with E-state index in [1.807, 2.05) is 4.90 Å². The summed E-state index contributed by atoms with van der Waals surface area (Å²) >= 11 is 0. The first kappa shape index (κ1) is 22.3. The summed E-state index contributed by atoms with van der Waals surface area (Å²) in [5, 5.41) is 17.8. The normalized spacial score (nSPS) is 19.5. The van der Waals surface area contributed by atoms with Crippen LogP contribution >= 0.6 is 0 Å². The number of hydrogen-bond acceptors (Lipinski definition) is 8. The van der Waals surface area contributed by atoms with Gasteiger partial charge in [0, 0.05) is 25.2 Å². The molecule has 2 aromatic rings. The van der Waals surface area contributed by atoms with Gasteiger partial charge >= 0.3 is 5.97 Å². The van der Waals surface area contributed by atoms with Crippen molar-refractivity contribution in [3.63, 3.8) is 0 Å². The van der Waals surface area contributed by atoms with Crippen molar-refractivity contribution in [2.45, 2.75) is 40.2 Å². The molecule has 0 aliphatic carbocycles. The van der Waals surface area contributed by atoms with Crippen LogP contribution in [0.3, 0.4) is 0 Å². The van der Waals surface area contributed by atoms with Gasteiger partial charge in [0.15, 0.2) is 11.9 Å². The Morgan fingerprint density at radius 3 is 2.55 bits per heavy atom. The largest absolute Gasteiger partial charge is 0.449 e. The number of carbonyl (C=O) groups excluding carboxylic acids is 2. The minimum atomic E-state index is -1.13. The number of esters is 1. The molecule has 1 fully saturated rings. The fourth-order valence-corrected chi connectivity index (χ4v) is 3.86. The molecular formula is C21H26N4O6. The van der Waals surface area contributed by atoms with Crippen molar-refractivity contribution >= 4 is 29.1 Å². The molecule has 1 N–H and O–H groups in total. The molecular weight excluding hydrogens is 404 g/mol. The molecule has 1 aromatic heterocycles. The molecule has 0 radical (unpaired) electrons. The van der Waals surface area contributed by atoms with Gasteiger partial charge in [-0.1, -0.05) is 19.0 Å². The van der Waals surface area contributed by atoms with Gasteiger partial charge in [0.1, 0.15) is 11.4 Å². The van der Waals surface area contributed by atoms with Crippen LogP contribution in [-0.4, -0.2) is 41.1 Å². The Morgan fingerprint density at radius 2 is 1.97 bits per heavy atom. The van der Waals surface area contributed by atoms with Gasteiger partial charge in [0.05, 0.1) is 10.5 Å². The number of amides is 1. The predicted molar refractivity (Wildman–Crippen MR) is 113 cm³/mol. The van der Waals surface area contributed by atoms with Gasteiger partial charge in [-0.15, -0.1) is 0 Å². The van der Waals surface area contributed by atoms with E-state index in [-0.39, 0.29) is 17.1 Å². The van der Waals surface area contributed by atoms with E-state index >= 15 is 0 Å². The number of rotatable bonds is 6. The third kappa shape index (κ3) is 5.39. The first-order chi connectivity index (χ1) is 14.6. The molecule has 10 nitrogen and oxygen atoms in total. The lowest BCUT2D eigenvalue weighted by Gasteiger charge is -2.36. The molecule has 3 rings (SSSR count). The van der Waals surface area contributed by atoms with Crippen LogP contribution in [0.25, 0.3) is 0 Å². The number of aryl methyl sites for hydroxylation is 1. The Morgan fingerprint density at radius 1 is 1.29 bits per heavy atom. The zero-order valence-electron chi connectivity index (χ0n) is 18.0. The van der Waals surface area contributed by atoms with Crippen LogP contribution in [0.5, 0.6) is 0 Å². The summed E-state index contributed by atoms with van der Waals surface area (Å²) in [6.07, 6.45) is -0.0604. The summed E-state index contributed by atoms with van der Waals surface area (Å²) in [6, 6.07) is 5.78. The van der Waals surface area contributed by atoms with Crippen molar-refractivity contribution in [2.24, 2.45) is 11.8 Å². The summed E-state index contributed by atoms with van der Waals surface area (Å²) in [5.74, 6) is 0.139. The third-order valence-electron chi connectivity index (χ3n) is 5.15. The molecule has 0 unspecified atom stereocenters. The van der Waals surface area contributed by atoms with Crippen molar-refractivity contribution in [3.8, 4) is 0 Å². The quantitative estimate of drug-likeness (QED) is 0.419. The summed E-state index contributed by atoms with van der Waals surface area (Å²) in [4.78, 5) is 37.9. The Hall–Kier alpha value is -3.43. The first-order valence-electron chi connectivity index (χ1n) is 10.1. The molecule has 166 valence electrons. The topological polar surface area (TPSA) is 128 Å². The maximum atomic E-state index is 12.5. The Labute approximate surface area is 179 Å². The Balaban J connectivity index is 1.73. The number of aromatic nitrogens is 1. The molecule has 1 saturated heterocycles. The van der Waals surface area contributed by atoms with E-state index in [1.165, 1.54) is 25.1 Å². The Kier molecular flexibility index (Phi) is 6.57. The van der Waals surface area contributed by atoms with Crippen molar-refractivity contribution in [1.29, 1.82) is 0 Å².